The van der Waals surface area contributed by atoms with Crippen molar-refractivity contribution in [3.8, 4) is 0 Å². The lowest BCUT2D eigenvalue weighted by atomic mass is 10.1. The number of aryl methyl sites for hydroxylation is 1. The normalized spacial score (nSPS) is 25.8. The fourth-order valence-corrected chi connectivity index (χ4v) is 3.22. The summed E-state index contributed by atoms with van der Waals surface area (Å²) in [5.41, 5.74) is 0. The summed E-state index contributed by atoms with van der Waals surface area (Å²) in [4.78, 5) is 13.2. The summed E-state index contributed by atoms with van der Waals surface area (Å²) in [6.45, 7) is 6.81. The van der Waals surface area contributed by atoms with Crippen molar-refractivity contribution >= 4 is 5.82 Å². The van der Waals surface area contributed by atoms with Crippen LogP contribution >= 0.6 is 0 Å². The quantitative estimate of drug-likeness (QED) is 0.854. The molecule has 1 aromatic rings. The second-order valence-electron chi connectivity index (χ2n) is 5.90. The van der Waals surface area contributed by atoms with Crippen molar-refractivity contribution in [2.24, 2.45) is 0 Å². The SMILES string of the molecule is Cc1nccc(N2CCN(C3CCOCC3)C[C@@H](O)C2)n1. The topological polar surface area (TPSA) is 61.7 Å². The van der Waals surface area contributed by atoms with E-state index in [0.717, 1.165) is 57.3 Å². The van der Waals surface area contributed by atoms with E-state index in [4.69, 9.17) is 4.74 Å². The van der Waals surface area contributed by atoms with Gasteiger partial charge < -0.3 is 14.7 Å². The Kier molecular flexibility index (Phi) is 4.67. The van der Waals surface area contributed by atoms with Crippen molar-refractivity contribution in [3.63, 3.8) is 0 Å². The molecule has 0 aliphatic carbocycles. The smallest absolute Gasteiger partial charge is 0.132 e. The Balaban J connectivity index is 1.67. The van der Waals surface area contributed by atoms with E-state index in [9.17, 15) is 5.11 Å². The highest BCUT2D eigenvalue weighted by Gasteiger charge is 2.28. The average Bonchev–Trinajstić information content (AvgIpc) is 2.70. The Hall–Kier alpha value is -1.24. The highest BCUT2D eigenvalue weighted by Crippen LogP contribution is 2.19. The van der Waals surface area contributed by atoms with Gasteiger partial charge in [0.05, 0.1) is 6.10 Å². The van der Waals surface area contributed by atoms with Crippen molar-refractivity contribution in [1.82, 2.24) is 14.9 Å². The van der Waals surface area contributed by atoms with Gasteiger partial charge in [-0.2, -0.15) is 0 Å². The Labute approximate surface area is 125 Å². The van der Waals surface area contributed by atoms with Gasteiger partial charge in [-0.15, -0.1) is 0 Å². The molecule has 1 atom stereocenters. The van der Waals surface area contributed by atoms with Gasteiger partial charge in [-0.1, -0.05) is 0 Å². The molecule has 2 aliphatic heterocycles. The van der Waals surface area contributed by atoms with Crippen LogP contribution in [0.1, 0.15) is 18.7 Å². The van der Waals surface area contributed by atoms with Gasteiger partial charge in [-0.3, -0.25) is 4.90 Å². The van der Waals surface area contributed by atoms with Crippen molar-refractivity contribution in [3.05, 3.63) is 18.1 Å². The summed E-state index contributed by atoms with van der Waals surface area (Å²) in [5.74, 6) is 1.68. The minimum atomic E-state index is -0.342. The van der Waals surface area contributed by atoms with E-state index in [1.165, 1.54) is 0 Å². The predicted octanol–water partition coefficient (Wildman–Crippen LogP) is 0.447. The van der Waals surface area contributed by atoms with Crippen LogP contribution in [-0.4, -0.2) is 71.5 Å². The van der Waals surface area contributed by atoms with Crippen molar-refractivity contribution < 1.29 is 9.84 Å². The van der Waals surface area contributed by atoms with Gasteiger partial charge >= 0.3 is 0 Å². The number of rotatable bonds is 2. The monoisotopic (exact) mass is 292 g/mol. The zero-order valence-corrected chi connectivity index (χ0v) is 12.6. The van der Waals surface area contributed by atoms with Crippen LogP contribution in [0.15, 0.2) is 12.3 Å². The molecule has 2 aliphatic rings. The van der Waals surface area contributed by atoms with Crippen LogP contribution in [0.2, 0.25) is 0 Å². The van der Waals surface area contributed by atoms with Gasteiger partial charge in [0.1, 0.15) is 11.6 Å². The first-order valence-electron chi connectivity index (χ1n) is 7.77. The average molecular weight is 292 g/mol. The molecule has 0 amide bonds. The maximum Gasteiger partial charge on any atom is 0.132 e. The lowest BCUT2D eigenvalue weighted by molar-refractivity contribution is 0.0219. The van der Waals surface area contributed by atoms with E-state index in [1.54, 1.807) is 6.20 Å². The Bertz CT molecular complexity index is 465. The minimum absolute atomic E-state index is 0.342. The standard InChI is InChI=1S/C15H24N4O2/c1-12-16-5-2-15(17-12)19-7-6-18(10-14(20)11-19)13-3-8-21-9-4-13/h2,5,13-14,20H,3-4,6-11H2,1H3/t14-/m1/s1. The number of anilines is 1. The molecule has 0 saturated carbocycles. The third-order valence-electron chi connectivity index (χ3n) is 4.33. The molecule has 0 aromatic carbocycles. The first-order valence-corrected chi connectivity index (χ1v) is 7.77. The molecule has 0 bridgehead atoms. The molecule has 3 heterocycles. The van der Waals surface area contributed by atoms with E-state index in [0.29, 0.717) is 12.6 Å². The molecular formula is C15H24N4O2. The van der Waals surface area contributed by atoms with Gasteiger partial charge in [0.15, 0.2) is 0 Å². The molecule has 116 valence electrons. The molecule has 0 unspecified atom stereocenters. The Morgan fingerprint density at radius 2 is 2.05 bits per heavy atom. The molecule has 1 N–H and O–H groups in total. The molecule has 0 radical (unpaired) electrons. The first kappa shape index (κ1) is 14.7. The molecular weight excluding hydrogens is 268 g/mol. The van der Waals surface area contributed by atoms with Crippen LogP contribution in [0.5, 0.6) is 0 Å². The summed E-state index contributed by atoms with van der Waals surface area (Å²) in [6, 6.07) is 2.46. The van der Waals surface area contributed by atoms with Gasteiger partial charge in [0.25, 0.3) is 0 Å². The predicted molar refractivity (Wildman–Crippen MR) is 80.4 cm³/mol. The third-order valence-corrected chi connectivity index (χ3v) is 4.33. The highest BCUT2D eigenvalue weighted by atomic mass is 16.5. The zero-order chi connectivity index (χ0) is 14.7. The van der Waals surface area contributed by atoms with E-state index in [2.05, 4.69) is 19.8 Å². The highest BCUT2D eigenvalue weighted by molar-refractivity contribution is 5.38. The molecule has 3 rings (SSSR count). The molecule has 2 fully saturated rings. The number of aliphatic hydroxyl groups excluding tert-OH is 1. The van der Waals surface area contributed by atoms with Gasteiger partial charge in [0.2, 0.25) is 0 Å². The lowest BCUT2D eigenvalue weighted by Gasteiger charge is -2.33. The van der Waals surface area contributed by atoms with Crippen LogP contribution in [0, 0.1) is 6.92 Å². The Morgan fingerprint density at radius 1 is 1.24 bits per heavy atom. The number of aromatic nitrogens is 2. The number of hydrogen-bond donors (Lipinski definition) is 1. The summed E-state index contributed by atoms with van der Waals surface area (Å²) in [6.07, 6.45) is 3.58. The van der Waals surface area contributed by atoms with Crippen LogP contribution in [0.3, 0.4) is 0 Å². The van der Waals surface area contributed by atoms with Crippen molar-refractivity contribution in [2.75, 3.05) is 44.3 Å². The summed E-state index contributed by atoms with van der Waals surface area (Å²) < 4.78 is 5.44. The summed E-state index contributed by atoms with van der Waals surface area (Å²) >= 11 is 0. The van der Waals surface area contributed by atoms with Gasteiger partial charge in [0, 0.05) is 51.6 Å². The Morgan fingerprint density at radius 3 is 2.81 bits per heavy atom. The maximum atomic E-state index is 10.3. The maximum absolute atomic E-state index is 10.3. The largest absolute Gasteiger partial charge is 0.390 e. The van der Waals surface area contributed by atoms with Crippen LogP contribution in [-0.2, 0) is 4.74 Å². The molecule has 1 aromatic heterocycles. The molecule has 2 saturated heterocycles. The second-order valence-corrected chi connectivity index (χ2v) is 5.90. The van der Waals surface area contributed by atoms with Crippen LogP contribution in [0.25, 0.3) is 0 Å². The van der Waals surface area contributed by atoms with E-state index in [-0.39, 0.29) is 6.10 Å². The first-order chi connectivity index (χ1) is 10.2. The molecule has 6 heteroatoms. The molecule has 6 nitrogen and oxygen atoms in total. The van der Waals surface area contributed by atoms with Crippen molar-refractivity contribution in [1.29, 1.82) is 0 Å². The third kappa shape index (κ3) is 3.70. The second kappa shape index (κ2) is 6.68. The van der Waals surface area contributed by atoms with Gasteiger partial charge in [-0.25, -0.2) is 9.97 Å². The lowest BCUT2D eigenvalue weighted by Crippen LogP contribution is -2.43. The number of nitrogens with zero attached hydrogens (tertiary/aromatic N) is 4. The molecule has 0 spiro atoms. The summed E-state index contributed by atoms with van der Waals surface area (Å²) in [5, 5.41) is 10.3. The number of hydrogen-bond acceptors (Lipinski definition) is 6. The van der Waals surface area contributed by atoms with Crippen LogP contribution in [0.4, 0.5) is 5.82 Å². The number of aliphatic hydroxyl groups is 1. The van der Waals surface area contributed by atoms with E-state index < -0.39 is 0 Å². The van der Waals surface area contributed by atoms with Gasteiger partial charge in [-0.05, 0) is 25.8 Å². The van der Waals surface area contributed by atoms with Crippen molar-refractivity contribution in [2.45, 2.75) is 31.9 Å². The number of β-amino-alcohol motifs (C(OH)–C–C–N with tert-alkyl or cyclic N) is 1. The molecule has 21 heavy (non-hydrogen) atoms. The number of ether oxygens (including phenoxy) is 1. The van der Waals surface area contributed by atoms with E-state index >= 15 is 0 Å². The van der Waals surface area contributed by atoms with E-state index in [1.807, 2.05) is 13.0 Å². The van der Waals surface area contributed by atoms with Crippen LogP contribution < -0.4 is 4.90 Å². The minimum Gasteiger partial charge on any atom is -0.390 e. The summed E-state index contributed by atoms with van der Waals surface area (Å²) in [7, 11) is 0. The zero-order valence-electron chi connectivity index (χ0n) is 12.6. The fourth-order valence-electron chi connectivity index (χ4n) is 3.22. The fraction of sp³-hybridized carbons (Fsp3) is 0.733.